The van der Waals surface area contributed by atoms with Crippen molar-refractivity contribution in [3.8, 4) is 0 Å². The van der Waals surface area contributed by atoms with Crippen molar-refractivity contribution in [2.75, 3.05) is 6.54 Å². The molecule has 2 saturated carbocycles. The van der Waals surface area contributed by atoms with Gasteiger partial charge in [0, 0.05) is 6.04 Å². The summed E-state index contributed by atoms with van der Waals surface area (Å²) >= 11 is 0. The highest BCUT2D eigenvalue weighted by atomic mass is 19.1. The molecule has 0 amide bonds. The normalized spacial score (nSPS) is 27.9. The van der Waals surface area contributed by atoms with Gasteiger partial charge in [0.05, 0.1) is 0 Å². The fraction of sp³-hybridized carbons (Fsp3) is 0.600. The molecule has 1 aromatic rings. The van der Waals surface area contributed by atoms with Crippen LogP contribution >= 0.6 is 0 Å². The Labute approximate surface area is 102 Å². The second kappa shape index (κ2) is 4.41. The van der Waals surface area contributed by atoms with E-state index < -0.39 is 0 Å². The van der Waals surface area contributed by atoms with Crippen molar-refractivity contribution >= 4 is 0 Å². The molecule has 0 aliphatic heterocycles. The van der Waals surface area contributed by atoms with E-state index in [9.17, 15) is 4.39 Å². The number of benzene rings is 1. The standard InChI is InChI=1S/C15H20FN/c1-10-8-12(16)3-7-14(10)15-6-2-11(15)9-17-13-4-5-13/h3,7-8,11,13,15,17H,2,4-6,9H2,1H3. The first-order valence-electron chi connectivity index (χ1n) is 6.73. The summed E-state index contributed by atoms with van der Waals surface area (Å²) in [6, 6.07) is 6.05. The third-order valence-electron chi connectivity index (χ3n) is 4.29. The number of nitrogens with one attached hydrogen (secondary N) is 1. The van der Waals surface area contributed by atoms with Crippen LogP contribution in [0, 0.1) is 18.7 Å². The highest BCUT2D eigenvalue weighted by molar-refractivity contribution is 5.32. The lowest BCUT2D eigenvalue weighted by molar-refractivity contribution is 0.244. The van der Waals surface area contributed by atoms with Crippen LogP contribution in [0.2, 0.25) is 0 Å². The Morgan fingerprint density at radius 3 is 2.65 bits per heavy atom. The van der Waals surface area contributed by atoms with E-state index >= 15 is 0 Å². The molecule has 0 radical (unpaired) electrons. The lowest BCUT2D eigenvalue weighted by Crippen LogP contribution is -2.35. The number of rotatable bonds is 4. The number of hydrogen-bond acceptors (Lipinski definition) is 1. The van der Waals surface area contributed by atoms with Crippen LogP contribution in [-0.2, 0) is 0 Å². The number of halogens is 1. The summed E-state index contributed by atoms with van der Waals surface area (Å²) in [6.07, 6.45) is 5.30. The first-order chi connectivity index (χ1) is 8.24. The number of hydrogen-bond donors (Lipinski definition) is 1. The molecule has 2 aliphatic carbocycles. The molecule has 0 aromatic heterocycles. The third kappa shape index (κ3) is 2.37. The predicted octanol–water partition coefficient (Wildman–Crippen LogP) is 3.38. The molecule has 2 unspecified atom stereocenters. The van der Waals surface area contributed by atoms with Crippen LogP contribution in [0.25, 0.3) is 0 Å². The van der Waals surface area contributed by atoms with Gasteiger partial charge in [0.25, 0.3) is 0 Å². The molecule has 1 nitrogen and oxygen atoms in total. The second-order valence-electron chi connectivity index (χ2n) is 5.63. The molecule has 2 aliphatic rings. The summed E-state index contributed by atoms with van der Waals surface area (Å²) in [5.74, 6) is 1.31. The summed E-state index contributed by atoms with van der Waals surface area (Å²) in [6.45, 7) is 3.17. The maximum Gasteiger partial charge on any atom is 0.123 e. The molecule has 2 heteroatoms. The molecule has 0 saturated heterocycles. The van der Waals surface area contributed by atoms with Gasteiger partial charge in [-0.2, -0.15) is 0 Å². The van der Waals surface area contributed by atoms with Crippen LogP contribution in [-0.4, -0.2) is 12.6 Å². The van der Waals surface area contributed by atoms with Crippen LogP contribution in [0.1, 0.15) is 42.7 Å². The van der Waals surface area contributed by atoms with Crippen LogP contribution in [0.4, 0.5) is 4.39 Å². The molecule has 0 heterocycles. The average molecular weight is 233 g/mol. The molecular formula is C15H20FN. The van der Waals surface area contributed by atoms with Gasteiger partial charge in [-0.3, -0.25) is 0 Å². The van der Waals surface area contributed by atoms with Crippen molar-refractivity contribution in [1.82, 2.24) is 5.32 Å². The van der Waals surface area contributed by atoms with Crippen molar-refractivity contribution in [2.24, 2.45) is 5.92 Å². The van der Waals surface area contributed by atoms with Gasteiger partial charge in [-0.1, -0.05) is 6.07 Å². The largest absolute Gasteiger partial charge is 0.314 e. The summed E-state index contributed by atoms with van der Waals surface area (Å²) in [5.41, 5.74) is 2.48. The molecular weight excluding hydrogens is 213 g/mol. The Kier molecular flexibility index (Phi) is 2.91. The monoisotopic (exact) mass is 233 g/mol. The van der Waals surface area contributed by atoms with E-state index in [2.05, 4.69) is 5.32 Å². The maximum absolute atomic E-state index is 13.1. The first kappa shape index (κ1) is 11.2. The van der Waals surface area contributed by atoms with E-state index in [1.807, 2.05) is 13.0 Å². The van der Waals surface area contributed by atoms with E-state index in [1.165, 1.54) is 31.2 Å². The zero-order valence-corrected chi connectivity index (χ0v) is 10.4. The minimum absolute atomic E-state index is 0.113. The zero-order chi connectivity index (χ0) is 11.8. The lowest BCUT2D eigenvalue weighted by atomic mass is 9.69. The van der Waals surface area contributed by atoms with E-state index in [-0.39, 0.29) is 5.82 Å². The molecule has 17 heavy (non-hydrogen) atoms. The van der Waals surface area contributed by atoms with Gasteiger partial charge >= 0.3 is 0 Å². The van der Waals surface area contributed by atoms with E-state index in [0.29, 0.717) is 5.92 Å². The molecule has 92 valence electrons. The van der Waals surface area contributed by atoms with Crippen molar-refractivity contribution in [2.45, 2.75) is 44.6 Å². The third-order valence-corrected chi connectivity index (χ3v) is 4.29. The fourth-order valence-electron chi connectivity index (χ4n) is 2.88. The van der Waals surface area contributed by atoms with Crippen LogP contribution in [0.3, 0.4) is 0 Å². The molecule has 1 aromatic carbocycles. The van der Waals surface area contributed by atoms with Gasteiger partial charge < -0.3 is 5.32 Å². The Morgan fingerprint density at radius 1 is 1.24 bits per heavy atom. The van der Waals surface area contributed by atoms with Crippen molar-refractivity contribution in [1.29, 1.82) is 0 Å². The molecule has 1 N–H and O–H groups in total. The Bertz CT molecular complexity index is 411. The molecule has 2 fully saturated rings. The SMILES string of the molecule is Cc1cc(F)ccc1C1CCC1CNC1CC1. The Morgan fingerprint density at radius 2 is 2.06 bits per heavy atom. The minimum atomic E-state index is -0.113. The summed E-state index contributed by atoms with van der Waals surface area (Å²) < 4.78 is 13.1. The van der Waals surface area contributed by atoms with Gasteiger partial charge in [0.1, 0.15) is 5.82 Å². The Hall–Kier alpha value is -0.890. The average Bonchev–Trinajstić information content (AvgIpc) is 3.04. The van der Waals surface area contributed by atoms with E-state index in [4.69, 9.17) is 0 Å². The van der Waals surface area contributed by atoms with Gasteiger partial charge in [-0.25, -0.2) is 4.39 Å². The first-order valence-corrected chi connectivity index (χ1v) is 6.73. The van der Waals surface area contributed by atoms with Crippen molar-refractivity contribution < 1.29 is 4.39 Å². The second-order valence-corrected chi connectivity index (χ2v) is 5.63. The smallest absolute Gasteiger partial charge is 0.123 e. The Balaban J connectivity index is 1.66. The van der Waals surface area contributed by atoms with Crippen LogP contribution < -0.4 is 5.32 Å². The molecule has 0 spiro atoms. The van der Waals surface area contributed by atoms with E-state index in [1.54, 1.807) is 12.1 Å². The van der Waals surface area contributed by atoms with Crippen LogP contribution in [0.15, 0.2) is 18.2 Å². The predicted molar refractivity (Wildman–Crippen MR) is 67.6 cm³/mol. The topological polar surface area (TPSA) is 12.0 Å². The van der Waals surface area contributed by atoms with Gasteiger partial charge in [-0.05, 0) is 74.2 Å². The highest BCUT2D eigenvalue weighted by Crippen LogP contribution is 2.43. The van der Waals surface area contributed by atoms with Crippen molar-refractivity contribution in [3.05, 3.63) is 35.1 Å². The van der Waals surface area contributed by atoms with Gasteiger partial charge in [-0.15, -0.1) is 0 Å². The summed E-state index contributed by atoms with van der Waals surface area (Å²) in [7, 11) is 0. The maximum atomic E-state index is 13.1. The van der Waals surface area contributed by atoms with Gasteiger partial charge in [0.2, 0.25) is 0 Å². The molecule has 3 rings (SSSR count). The zero-order valence-electron chi connectivity index (χ0n) is 10.4. The van der Waals surface area contributed by atoms with Crippen LogP contribution in [0.5, 0.6) is 0 Å². The highest BCUT2D eigenvalue weighted by Gasteiger charge is 2.34. The summed E-state index contributed by atoms with van der Waals surface area (Å²) in [5, 5.41) is 3.62. The summed E-state index contributed by atoms with van der Waals surface area (Å²) in [4.78, 5) is 0. The number of aryl methyl sites for hydroxylation is 1. The van der Waals surface area contributed by atoms with E-state index in [0.717, 1.165) is 24.1 Å². The van der Waals surface area contributed by atoms with Gasteiger partial charge in [0.15, 0.2) is 0 Å². The minimum Gasteiger partial charge on any atom is -0.314 e. The fourth-order valence-corrected chi connectivity index (χ4v) is 2.88. The lowest BCUT2D eigenvalue weighted by Gasteiger charge is -2.38. The molecule has 0 bridgehead atoms. The van der Waals surface area contributed by atoms with Crippen molar-refractivity contribution in [3.63, 3.8) is 0 Å². The molecule has 2 atom stereocenters. The quantitative estimate of drug-likeness (QED) is 0.840.